The third-order valence-electron chi connectivity index (χ3n) is 1.65. The molecule has 0 bridgehead atoms. The molecule has 60 valence electrons. The molecule has 0 aromatic heterocycles. The largest absolute Gasteiger partial charge is 0.343 e. The average Bonchev–Trinajstić information content (AvgIpc) is 1.80. The van der Waals surface area contributed by atoms with Crippen molar-refractivity contribution in [1.29, 1.82) is 0 Å². The Balaban J connectivity index is 0.000000810. The number of rotatable bonds is 0. The molecule has 0 saturated carbocycles. The average molecular weight is 144 g/mol. The summed E-state index contributed by atoms with van der Waals surface area (Å²) >= 11 is 0. The Labute approximate surface area is 62.6 Å². The first-order chi connectivity index (χ1) is 4.20. The number of carbonyl (C=O) groups excluding carboxylic acids is 1. The van der Waals surface area contributed by atoms with Gasteiger partial charge in [0.1, 0.15) is 0 Å². The number of hydrogen-bond donors (Lipinski definition) is 0. The Hall–Kier alpha value is -0.570. The smallest absolute Gasteiger partial charge is 0.236 e. The van der Waals surface area contributed by atoms with Crippen molar-refractivity contribution in [3.63, 3.8) is 0 Å². The van der Waals surface area contributed by atoms with Crippen molar-refractivity contribution in [3.05, 3.63) is 0 Å². The zero-order valence-corrected chi connectivity index (χ0v) is 5.92. The second-order valence-corrected chi connectivity index (χ2v) is 2.55. The second-order valence-electron chi connectivity index (χ2n) is 2.55. The minimum atomic E-state index is 0. The Morgan fingerprint density at radius 3 is 2.30 bits per heavy atom. The minimum absolute atomic E-state index is 0. The molecule has 0 aliphatic carbocycles. The summed E-state index contributed by atoms with van der Waals surface area (Å²) in [6, 6.07) is 0. The Morgan fingerprint density at radius 2 is 1.90 bits per heavy atom. The molecular formula is C7H16N2O. The third kappa shape index (κ3) is 1.99. The molecule has 0 aromatic carbocycles. The number of hydrogen-bond acceptors (Lipinski definition) is 2. The van der Waals surface area contributed by atoms with Gasteiger partial charge in [0.15, 0.2) is 0 Å². The minimum Gasteiger partial charge on any atom is -0.343 e. The van der Waals surface area contributed by atoms with E-state index in [0.717, 1.165) is 13.1 Å². The van der Waals surface area contributed by atoms with E-state index in [0.29, 0.717) is 6.54 Å². The normalized spacial score (nSPS) is 20.6. The molecule has 1 fully saturated rings. The van der Waals surface area contributed by atoms with E-state index < -0.39 is 0 Å². The van der Waals surface area contributed by atoms with Gasteiger partial charge >= 0.3 is 0 Å². The lowest BCUT2D eigenvalue weighted by molar-refractivity contribution is -0.133. The monoisotopic (exact) mass is 144 g/mol. The lowest BCUT2D eigenvalue weighted by Crippen LogP contribution is -2.46. The fourth-order valence-electron chi connectivity index (χ4n) is 0.876. The van der Waals surface area contributed by atoms with Crippen LogP contribution >= 0.6 is 0 Å². The number of nitrogens with zero attached hydrogens (tertiary/aromatic N) is 2. The van der Waals surface area contributed by atoms with Gasteiger partial charge in [-0.05, 0) is 7.05 Å². The van der Waals surface area contributed by atoms with Gasteiger partial charge < -0.3 is 4.90 Å². The van der Waals surface area contributed by atoms with Gasteiger partial charge in [-0.3, -0.25) is 9.69 Å². The maximum atomic E-state index is 10.9. The van der Waals surface area contributed by atoms with Crippen molar-refractivity contribution in [3.8, 4) is 0 Å². The molecule has 1 heterocycles. The maximum absolute atomic E-state index is 10.9. The van der Waals surface area contributed by atoms with E-state index in [-0.39, 0.29) is 13.3 Å². The fourth-order valence-corrected chi connectivity index (χ4v) is 0.876. The molecule has 0 atom stereocenters. The maximum Gasteiger partial charge on any atom is 0.236 e. The number of amides is 1. The van der Waals surface area contributed by atoms with E-state index in [2.05, 4.69) is 0 Å². The van der Waals surface area contributed by atoms with Crippen molar-refractivity contribution in [2.45, 2.75) is 7.43 Å². The predicted molar refractivity (Wildman–Crippen MR) is 41.9 cm³/mol. The third-order valence-corrected chi connectivity index (χ3v) is 1.65. The first kappa shape index (κ1) is 9.43. The van der Waals surface area contributed by atoms with Crippen LogP contribution < -0.4 is 0 Å². The van der Waals surface area contributed by atoms with Crippen molar-refractivity contribution in [2.24, 2.45) is 0 Å². The quantitative estimate of drug-likeness (QED) is 0.479. The van der Waals surface area contributed by atoms with Gasteiger partial charge in [0.25, 0.3) is 0 Å². The molecule has 10 heavy (non-hydrogen) atoms. The molecule has 0 N–H and O–H groups in total. The van der Waals surface area contributed by atoms with Crippen LogP contribution in [0, 0.1) is 0 Å². The van der Waals surface area contributed by atoms with Gasteiger partial charge in [-0.25, -0.2) is 0 Å². The molecule has 1 aliphatic heterocycles. The van der Waals surface area contributed by atoms with Crippen LogP contribution in [0.2, 0.25) is 0 Å². The van der Waals surface area contributed by atoms with Gasteiger partial charge in [0.05, 0.1) is 6.54 Å². The molecule has 1 amide bonds. The van der Waals surface area contributed by atoms with Gasteiger partial charge in [-0.1, -0.05) is 7.43 Å². The first-order valence-electron chi connectivity index (χ1n) is 3.12. The Morgan fingerprint density at radius 1 is 1.30 bits per heavy atom. The van der Waals surface area contributed by atoms with Gasteiger partial charge in [0, 0.05) is 20.1 Å². The molecule has 0 spiro atoms. The molecular weight excluding hydrogens is 128 g/mol. The van der Waals surface area contributed by atoms with Crippen LogP contribution in [-0.2, 0) is 4.79 Å². The molecule has 0 radical (unpaired) electrons. The second kappa shape index (κ2) is 3.56. The number of carbonyl (C=O) groups is 1. The predicted octanol–water partition coefficient (Wildman–Crippen LogP) is 0.0263. The van der Waals surface area contributed by atoms with Crippen molar-refractivity contribution < 1.29 is 4.79 Å². The number of likely N-dealkylation sites (N-methyl/N-ethyl adjacent to an activating group) is 2. The zero-order valence-electron chi connectivity index (χ0n) is 5.92. The standard InChI is InChI=1S/C6H12N2O.CH4/c1-7-3-4-8(2)6(9)5-7;/h3-5H2,1-2H3;1H4. The highest BCUT2D eigenvalue weighted by Gasteiger charge is 2.16. The van der Waals surface area contributed by atoms with Crippen molar-refractivity contribution in [1.82, 2.24) is 9.80 Å². The van der Waals surface area contributed by atoms with E-state index in [4.69, 9.17) is 0 Å². The van der Waals surface area contributed by atoms with Crippen molar-refractivity contribution in [2.75, 3.05) is 33.7 Å². The summed E-state index contributed by atoms with van der Waals surface area (Å²) in [4.78, 5) is 14.7. The van der Waals surface area contributed by atoms with Crippen molar-refractivity contribution >= 4 is 5.91 Å². The molecule has 3 heteroatoms. The van der Waals surface area contributed by atoms with Crippen LogP contribution in [0.5, 0.6) is 0 Å². The summed E-state index contributed by atoms with van der Waals surface area (Å²) in [5.41, 5.74) is 0. The SMILES string of the molecule is C.CN1CCN(C)C(=O)C1. The van der Waals surface area contributed by atoms with E-state index in [9.17, 15) is 4.79 Å². The highest BCUT2D eigenvalue weighted by molar-refractivity contribution is 5.78. The molecule has 0 aromatic rings. The summed E-state index contributed by atoms with van der Waals surface area (Å²) in [5.74, 6) is 0.226. The molecule has 3 nitrogen and oxygen atoms in total. The summed E-state index contributed by atoms with van der Waals surface area (Å²) < 4.78 is 0. The summed E-state index contributed by atoms with van der Waals surface area (Å²) in [5, 5.41) is 0. The van der Waals surface area contributed by atoms with E-state index >= 15 is 0 Å². The summed E-state index contributed by atoms with van der Waals surface area (Å²) in [7, 11) is 3.81. The molecule has 0 unspecified atom stereocenters. The Kier molecular flexibility index (Phi) is 3.36. The number of piperazine rings is 1. The van der Waals surface area contributed by atoms with Crippen LogP contribution in [0.25, 0.3) is 0 Å². The topological polar surface area (TPSA) is 23.6 Å². The lowest BCUT2D eigenvalue weighted by Gasteiger charge is -2.28. The highest BCUT2D eigenvalue weighted by Crippen LogP contribution is 1.95. The molecule has 1 aliphatic rings. The highest BCUT2D eigenvalue weighted by atomic mass is 16.2. The molecule has 1 saturated heterocycles. The van der Waals surface area contributed by atoms with Crippen LogP contribution in [0.15, 0.2) is 0 Å². The lowest BCUT2D eigenvalue weighted by atomic mass is 10.3. The molecule has 1 rings (SSSR count). The van der Waals surface area contributed by atoms with Crippen LogP contribution in [0.1, 0.15) is 7.43 Å². The van der Waals surface area contributed by atoms with E-state index in [1.54, 1.807) is 4.90 Å². The fraction of sp³-hybridized carbons (Fsp3) is 0.857. The van der Waals surface area contributed by atoms with E-state index in [1.165, 1.54) is 0 Å². The summed E-state index contributed by atoms with van der Waals surface area (Å²) in [6.07, 6.45) is 0. The summed E-state index contributed by atoms with van der Waals surface area (Å²) in [6.45, 7) is 2.45. The Bertz CT molecular complexity index is 125. The van der Waals surface area contributed by atoms with E-state index in [1.807, 2.05) is 19.0 Å². The van der Waals surface area contributed by atoms with Gasteiger partial charge in [-0.15, -0.1) is 0 Å². The van der Waals surface area contributed by atoms with Crippen LogP contribution in [0.4, 0.5) is 0 Å². The zero-order chi connectivity index (χ0) is 6.85. The first-order valence-corrected chi connectivity index (χ1v) is 3.12. The van der Waals surface area contributed by atoms with Gasteiger partial charge in [-0.2, -0.15) is 0 Å². The van der Waals surface area contributed by atoms with Crippen LogP contribution in [0.3, 0.4) is 0 Å². The van der Waals surface area contributed by atoms with Gasteiger partial charge in [0.2, 0.25) is 5.91 Å². The van der Waals surface area contributed by atoms with Crippen LogP contribution in [-0.4, -0.2) is 49.4 Å².